The van der Waals surface area contributed by atoms with Gasteiger partial charge in [0.25, 0.3) is 5.91 Å². The molecular weight excluding hydrogens is 376 g/mol. The van der Waals surface area contributed by atoms with Crippen LogP contribution in [0, 0.1) is 0 Å². The lowest BCUT2D eigenvalue weighted by Gasteiger charge is -2.21. The summed E-state index contributed by atoms with van der Waals surface area (Å²) in [5, 5.41) is 14.1. The number of carbonyl (C=O) groups is 2. The van der Waals surface area contributed by atoms with E-state index in [1.54, 1.807) is 37.2 Å². The molecule has 3 rings (SSSR count). The van der Waals surface area contributed by atoms with E-state index < -0.39 is 17.9 Å². The van der Waals surface area contributed by atoms with E-state index >= 15 is 0 Å². The summed E-state index contributed by atoms with van der Waals surface area (Å²) in [6, 6.07) is 6.25. The highest BCUT2D eigenvalue weighted by Crippen LogP contribution is 2.26. The Morgan fingerprint density at radius 3 is 2.62 bits per heavy atom. The fourth-order valence-corrected chi connectivity index (χ4v) is 2.89. The number of rotatable bonds is 7. The highest BCUT2D eigenvalue weighted by molar-refractivity contribution is 5.98. The predicted octanol–water partition coefficient (Wildman–Crippen LogP) is 2.04. The summed E-state index contributed by atoms with van der Waals surface area (Å²) in [7, 11) is 4.63. The molecule has 2 heterocycles. The summed E-state index contributed by atoms with van der Waals surface area (Å²) in [5.41, 5.74) is 1.80. The molecule has 0 aliphatic carbocycles. The molecule has 0 saturated heterocycles. The van der Waals surface area contributed by atoms with Crippen molar-refractivity contribution in [1.29, 1.82) is 0 Å². The number of fused-ring (bicyclic) bond motifs is 1. The summed E-state index contributed by atoms with van der Waals surface area (Å²) in [6.07, 6.45) is 3.05. The van der Waals surface area contributed by atoms with Gasteiger partial charge in [0.1, 0.15) is 17.5 Å². The van der Waals surface area contributed by atoms with Gasteiger partial charge in [-0.2, -0.15) is 5.10 Å². The average molecular weight is 398 g/mol. The number of ether oxygens (including phenoxy) is 2. The van der Waals surface area contributed by atoms with Gasteiger partial charge < -0.3 is 19.5 Å². The summed E-state index contributed by atoms with van der Waals surface area (Å²) in [4.78, 5) is 29.2. The van der Waals surface area contributed by atoms with Gasteiger partial charge in [-0.3, -0.25) is 4.79 Å². The van der Waals surface area contributed by atoms with Crippen molar-refractivity contribution in [3.63, 3.8) is 0 Å². The summed E-state index contributed by atoms with van der Waals surface area (Å²) in [5.74, 6) is -0.129. The van der Waals surface area contributed by atoms with Crippen LogP contribution in [-0.4, -0.2) is 64.0 Å². The molecule has 29 heavy (non-hydrogen) atoms. The van der Waals surface area contributed by atoms with Crippen molar-refractivity contribution in [1.82, 2.24) is 19.7 Å². The van der Waals surface area contributed by atoms with Crippen LogP contribution in [0.3, 0.4) is 0 Å². The Balaban J connectivity index is 1.88. The van der Waals surface area contributed by atoms with Crippen molar-refractivity contribution in [3.8, 4) is 11.5 Å². The van der Waals surface area contributed by atoms with Crippen molar-refractivity contribution in [2.24, 2.45) is 0 Å². The highest BCUT2D eigenvalue weighted by Gasteiger charge is 2.23. The van der Waals surface area contributed by atoms with Gasteiger partial charge in [0, 0.05) is 30.3 Å². The first kappa shape index (κ1) is 20.1. The molecule has 1 atom stereocenters. The first-order valence-corrected chi connectivity index (χ1v) is 8.88. The van der Waals surface area contributed by atoms with Gasteiger partial charge in [-0.05, 0) is 25.1 Å². The molecule has 0 radical (unpaired) electrons. The largest absolute Gasteiger partial charge is 0.497 e. The zero-order chi connectivity index (χ0) is 21.1. The van der Waals surface area contributed by atoms with E-state index in [4.69, 9.17) is 14.6 Å². The first-order valence-electron chi connectivity index (χ1n) is 8.88. The van der Waals surface area contributed by atoms with E-state index in [-0.39, 0.29) is 0 Å². The molecule has 0 aliphatic rings. The Labute approximate surface area is 167 Å². The third-order valence-electron chi connectivity index (χ3n) is 4.80. The lowest BCUT2D eigenvalue weighted by molar-refractivity contribution is -0.141. The van der Waals surface area contributed by atoms with E-state index in [0.29, 0.717) is 34.6 Å². The molecular formula is C20H22N4O5. The van der Waals surface area contributed by atoms with Crippen molar-refractivity contribution in [2.45, 2.75) is 19.5 Å². The van der Waals surface area contributed by atoms with Crippen molar-refractivity contribution in [2.75, 3.05) is 21.3 Å². The van der Waals surface area contributed by atoms with Crippen LogP contribution < -0.4 is 9.47 Å². The number of amides is 1. The maximum absolute atomic E-state index is 12.5. The molecule has 2 aromatic heterocycles. The number of methoxy groups -OCH3 is 2. The number of aliphatic carboxylic acids is 1. The topological polar surface area (TPSA) is 107 Å². The number of aromatic nitrogens is 3. The fourth-order valence-electron chi connectivity index (χ4n) is 2.89. The molecule has 0 saturated carbocycles. The zero-order valence-corrected chi connectivity index (χ0v) is 16.6. The number of carbonyl (C=O) groups excluding carboxylic acids is 1. The number of carboxylic acids is 1. The second kappa shape index (κ2) is 8.17. The minimum atomic E-state index is -1.07. The maximum atomic E-state index is 12.5. The van der Waals surface area contributed by atoms with Crippen LogP contribution in [0.15, 0.2) is 36.7 Å². The van der Waals surface area contributed by atoms with Gasteiger partial charge in [0.2, 0.25) is 0 Å². The Kier molecular flexibility index (Phi) is 5.67. The van der Waals surface area contributed by atoms with Crippen LogP contribution >= 0.6 is 0 Å². The van der Waals surface area contributed by atoms with E-state index in [1.165, 1.54) is 20.2 Å². The normalized spacial score (nSPS) is 11.9. The second-order valence-corrected chi connectivity index (χ2v) is 6.55. The number of carboxylic acid groups (broad SMARTS) is 1. The smallest absolute Gasteiger partial charge is 0.326 e. The van der Waals surface area contributed by atoms with Crippen molar-refractivity contribution in [3.05, 3.63) is 47.8 Å². The molecule has 0 spiro atoms. The number of likely N-dealkylation sites (N-methyl/N-ethyl adjacent to an activating group) is 1. The molecule has 0 bridgehead atoms. The molecule has 9 heteroatoms. The average Bonchev–Trinajstić information content (AvgIpc) is 3.14. The standard InChI is InChI=1S/C20H22N4O5/c1-12(20(26)27)23(2)19(25)15-7-14-10-22-24(18(14)21-9-15)11-13-5-6-16(28-3)8-17(13)29-4/h5-10,12H,11H2,1-4H3,(H,26,27). The third-order valence-corrected chi connectivity index (χ3v) is 4.80. The first-order chi connectivity index (χ1) is 13.8. The zero-order valence-electron chi connectivity index (χ0n) is 16.6. The van der Waals surface area contributed by atoms with Crippen LogP contribution in [0.2, 0.25) is 0 Å². The molecule has 1 unspecified atom stereocenters. The van der Waals surface area contributed by atoms with Crippen LogP contribution in [0.25, 0.3) is 11.0 Å². The number of hydrogen-bond acceptors (Lipinski definition) is 6. The molecule has 3 aromatic rings. The van der Waals surface area contributed by atoms with Crippen molar-refractivity contribution < 1.29 is 24.2 Å². The lowest BCUT2D eigenvalue weighted by atomic mass is 10.2. The summed E-state index contributed by atoms with van der Waals surface area (Å²) in [6.45, 7) is 1.87. The number of nitrogens with zero attached hydrogens (tertiary/aromatic N) is 4. The summed E-state index contributed by atoms with van der Waals surface area (Å²) >= 11 is 0. The molecule has 1 N–H and O–H groups in total. The monoisotopic (exact) mass is 398 g/mol. The Bertz CT molecular complexity index is 1060. The summed E-state index contributed by atoms with van der Waals surface area (Å²) < 4.78 is 12.3. The Morgan fingerprint density at radius 1 is 1.21 bits per heavy atom. The van der Waals surface area contributed by atoms with Crippen LogP contribution in [0.1, 0.15) is 22.8 Å². The molecule has 152 valence electrons. The molecule has 0 aliphatic heterocycles. The minimum absolute atomic E-state index is 0.301. The maximum Gasteiger partial charge on any atom is 0.326 e. The van der Waals surface area contributed by atoms with E-state index in [0.717, 1.165) is 10.5 Å². The highest BCUT2D eigenvalue weighted by atomic mass is 16.5. The Hall–Kier alpha value is -3.62. The molecule has 1 aromatic carbocycles. The SMILES string of the molecule is COc1ccc(Cn2ncc3cc(C(=O)N(C)C(C)C(=O)O)cnc32)c(OC)c1. The van der Waals surface area contributed by atoms with Gasteiger partial charge >= 0.3 is 5.97 Å². The van der Waals surface area contributed by atoms with E-state index in [9.17, 15) is 9.59 Å². The molecule has 0 fully saturated rings. The van der Waals surface area contributed by atoms with E-state index in [1.807, 2.05) is 12.1 Å². The van der Waals surface area contributed by atoms with Gasteiger partial charge in [-0.15, -0.1) is 0 Å². The minimum Gasteiger partial charge on any atom is -0.497 e. The number of benzene rings is 1. The lowest BCUT2D eigenvalue weighted by Crippen LogP contribution is -2.40. The predicted molar refractivity (Wildman–Crippen MR) is 105 cm³/mol. The quantitative estimate of drug-likeness (QED) is 0.649. The fraction of sp³-hybridized carbons (Fsp3) is 0.300. The van der Waals surface area contributed by atoms with Crippen LogP contribution in [0.5, 0.6) is 11.5 Å². The Morgan fingerprint density at radius 2 is 1.97 bits per heavy atom. The van der Waals surface area contributed by atoms with Gasteiger partial charge in [-0.25, -0.2) is 14.5 Å². The van der Waals surface area contributed by atoms with Gasteiger partial charge in [0.15, 0.2) is 5.65 Å². The van der Waals surface area contributed by atoms with Crippen LogP contribution in [-0.2, 0) is 11.3 Å². The molecule has 1 amide bonds. The third kappa shape index (κ3) is 3.98. The number of pyridine rings is 1. The number of hydrogen-bond donors (Lipinski definition) is 1. The van der Waals surface area contributed by atoms with E-state index in [2.05, 4.69) is 10.1 Å². The molecule has 9 nitrogen and oxygen atoms in total. The van der Waals surface area contributed by atoms with Gasteiger partial charge in [0.05, 0.1) is 32.5 Å². The van der Waals surface area contributed by atoms with Gasteiger partial charge in [-0.1, -0.05) is 0 Å². The van der Waals surface area contributed by atoms with Crippen molar-refractivity contribution >= 4 is 22.9 Å². The van der Waals surface area contributed by atoms with Crippen LogP contribution in [0.4, 0.5) is 0 Å². The second-order valence-electron chi connectivity index (χ2n) is 6.55.